The third-order valence-electron chi connectivity index (χ3n) is 3.96. The zero-order chi connectivity index (χ0) is 22.1. The summed E-state index contributed by atoms with van der Waals surface area (Å²) in [6.45, 7) is 0. The van der Waals surface area contributed by atoms with Gasteiger partial charge in [0.25, 0.3) is 0 Å². The van der Waals surface area contributed by atoms with E-state index in [0.717, 1.165) is 30.7 Å². The highest BCUT2D eigenvalue weighted by Crippen LogP contribution is 2.38. The first-order valence-corrected chi connectivity index (χ1v) is 12.2. The minimum absolute atomic E-state index is 0.00465. The van der Waals surface area contributed by atoms with Crippen molar-refractivity contribution in [3.8, 4) is 0 Å². The zero-order valence-corrected chi connectivity index (χ0v) is 18.4. The van der Waals surface area contributed by atoms with E-state index in [-0.39, 0.29) is 22.0 Å². The molecule has 158 valence electrons. The Morgan fingerprint density at radius 2 is 1.70 bits per heavy atom. The second-order valence-corrected chi connectivity index (χ2v) is 10.4. The third kappa shape index (κ3) is 5.34. The maximum Gasteiger partial charge on any atom is 0.230 e. The number of nitrogens with one attached hydrogen (secondary N) is 1. The molecule has 0 amide bonds. The molecular formula is C19H14Cl2F2N2O3S2. The highest BCUT2D eigenvalue weighted by atomic mass is 35.5. The lowest BCUT2D eigenvalue weighted by molar-refractivity contribution is 0.585. The Kier molecular flexibility index (Phi) is 6.76. The van der Waals surface area contributed by atoms with Gasteiger partial charge in [0.1, 0.15) is 17.5 Å². The molecule has 3 aromatic rings. The van der Waals surface area contributed by atoms with Crippen LogP contribution in [0.15, 0.2) is 59.6 Å². The number of halogens is 4. The Morgan fingerprint density at radius 1 is 1.03 bits per heavy atom. The topological polar surface area (TPSA) is 76.1 Å². The molecule has 0 bridgehead atoms. The average molecular weight is 491 g/mol. The smallest absolute Gasteiger partial charge is 0.230 e. The van der Waals surface area contributed by atoms with Crippen molar-refractivity contribution in [3.63, 3.8) is 0 Å². The fourth-order valence-electron chi connectivity index (χ4n) is 2.72. The number of anilines is 1. The van der Waals surface area contributed by atoms with Crippen molar-refractivity contribution >= 4 is 49.8 Å². The molecule has 5 nitrogen and oxygen atoms in total. The van der Waals surface area contributed by atoms with Crippen molar-refractivity contribution in [1.29, 1.82) is 0 Å². The lowest BCUT2D eigenvalue weighted by Gasteiger charge is -2.20. The molecule has 11 heteroatoms. The van der Waals surface area contributed by atoms with Crippen LogP contribution in [0.4, 0.5) is 14.6 Å². The Balaban J connectivity index is 2.22. The molecule has 2 unspecified atom stereocenters. The molecule has 0 saturated carbocycles. The lowest BCUT2D eigenvalue weighted by atomic mass is 10.0. The number of hydrogen-bond donors (Lipinski definition) is 1. The van der Waals surface area contributed by atoms with E-state index in [1.165, 1.54) is 30.3 Å². The van der Waals surface area contributed by atoms with Crippen molar-refractivity contribution in [2.75, 3.05) is 11.0 Å². The monoisotopic (exact) mass is 490 g/mol. The van der Waals surface area contributed by atoms with E-state index in [4.69, 9.17) is 23.2 Å². The molecule has 1 heterocycles. The van der Waals surface area contributed by atoms with Crippen LogP contribution in [0, 0.1) is 11.6 Å². The Morgan fingerprint density at radius 3 is 2.33 bits per heavy atom. The van der Waals surface area contributed by atoms with Gasteiger partial charge in [0.15, 0.2) is 0 Å². The normalized spacial score (nSPS) is 13.6. The predicted molar refractivity (Wildman–Crippen MR) is 114 cm³/mol. The van der Waals surface area contributed by atoms with Gasteiger partial charge in [-0.15, -0.1) is 0 Å². The first kappa shape index (κ1) is 22.6. The minimum atomic E-state index is -3.67. The third-order valence-corrected chi connectivity index (χ3v) is 6.78. The van der Waals surface area contributed by atoms with E-state index < -0.39 is 37.7 Å². The number of sulfonamides is 1. The average Bonchev–Trinajstić information content (AvgIpc) is 2.66. The van der Waals surface area contributed by atoms with Gasteiger partial charge in [0.05, 0.1) is 27.3 Å². The summed E-state index contributed by atoms with van der Waals surface area (Å²) in [5.74, 6) is -1.63. The van der Waals surface area contributed by atoms with Crippen LogP contribution in [0.25, 0.3) is 0 Å². The van der Waals surface area contributed by atoms with Crippen LogP contribution in [-0.2, 0) is 20.8 Å². The van der Waals surface area contributed by atoms with Gasteiger partial charge in [-0.25, -0.2) is 22.2 Å². The van der Waals surface area contributed by atoms with Gasteiger partial charge in [-0.3, -0.25) is 8.93 Å². The van der Waals surface area contributed by atoms with Crippen LogP contribution in [0.2, 0.25) is 10.0 Å². The van der Waals surface area contributed by atoms with Gasteiger partial charge < -0.3 is 0 Å². The van der Waals surface area contributed by atoms with Crippen LogP contribution in [-0.4, -0.2) is 23.9 Å². The zero-order valence-electron chi connectivity index (χ0n) is 15.3. The summed E-state index contributed by atoms with van der Waals surface area (Å²) in [5.41, 5.74) is -0.0997. The largest absolute Gasteiger partial charge is 0.268 e. The Hall–Kier alpha value is -2.07. The molecular weight excluding hydrogens is 477 g/mol. The fraction of sp³-hybridized carbons (Fsp3) is 0.105. The number of hydrogen-bond acceptors (Lipinski definition) is 4. The molecule has 0 aliphatic heterocycles. The van der Waals surface area contributed by atoms with Crippen molar-refractivity contribution in [2.45, 2.75) is 10.1 Å². The Bertz CT molecular complexity index is 1220. The summed E-state index contributed by atoms with van der Waals surface area (Å²) in [5, 5.41) is -0.840. The SMILES string of the molecule is CS(=O)(=O)Nc1cc(C(c2cc(F)ccc2F)S(=O)c2ccc(Cl)cc2)c(Cl)cn1. The van der Waals surface area contributed by atoms with E-state index in [1.54, 1.807) is 0 Å². The minimum Gasteiger partial charge on any atom is -0.268 e. The van der Waals surface area contributed by atoms with Gasteiger partial charge in [-0.1, -0.05) is 23.2 Å². The maximum absolute atomic E-state index is 14.7. The quantitative estimate of drug-likeness (QED) is 0.531. The molecule has 0 saturated heterocycles. The molecule has 3 rings (SSSR count). The lowest BCUT2D eigenvalue weighted by Crippen LogP contribution is -2.15. The van der Waals surface area contributed by atoms with E-state index in [0.29, 0.717) is 9.92 Å². The highest BCUT2D eigenvalue weighted by molar-refractivity contribution is 7.92. The molecule has 0 fully saturated rings. The van der Waals surface area contributed by atoms with Gasteiger partial charge in [-0.05, 0) is 54.1 Å². The van der Waals surface area contributed by atoms with Gasteiger partial charge in [-0.2, -0.15) is 0 Å². The molecule has 0 aliphatic rings. The van der Waals surface area contributed by atoms with Gasteiger partial charge in [0, 0.05) is 21.7 Å². The van der Waals surface area contributed by atoms with Crippen molar-refractivity contribution in [2.24, 2.45) is 0 Å². The fourth-order valence-corrected chi connectivity index (χ4v) is 5.13. The summed E-state index contributed by atoms with van der Waals surface area (Å²) in [6.07, 6.45) is 2.08. The molecule has 30 heavy (non-hydrogen) atoms. The van der Waals surface area contributed by atoms with Crippen LogP contribution in [0.3, 0.4) is 0 Å². The number of rotatable bonds is 6. The van der Waals surface area contributed by atoms with Crippen LogP contribution >= 0.6 is 23.2 Å². The summed E-state index contributed by atoms with van der Waals surface area (Å²) < 4.78 is 67.3. The van der Waals surface area contributed by atoms with E-state index in [9.17, 15) is 21.4 Å². The second kappa shape index (κ2) is 8.97. The molecule has 0 aliphatic carbocycles. The first-order valence-electron chi connectivity index (χ1n) is 8.29. The molecule has 0 radical (unpaired) electrons. The van der Waals surface area contributed by atoms with Crippen molar-refractivity contribution < 1.29 is 21.4 Å². The molecule has 2 aromatic carbocycles. The van der Waals surface area contributed by atoms with E-state index >= 15 is 0 Å². The Labute approximate surface area is 184 Å². The summed E-state index contributed by atoms with van der Waals surface area (Å²) in [4.78, 5) is 4.17. The second-order valence-electron chi connectivity index (χ2n) is 6.26. The number of aromatic nitrogens is 1. The number of nitrogens with zero attached hydrogens (tertiary/aromatic N) is 1. The van der Waals surface area contributed by atoms with Crippen molar-refractivity contribution in [3.05, 3.63) is 87.5 Å². The molecule has 0 spiro atoms. The summed E-state index contributed by atoms with van der Waals surface area (Å²) in [7, 11) is -5.62. The standard InChI is InChI=1S/C19H14Cl2F2N2O3S2/c1-30(27,28)25-18-9-14(16(21)10-24-18)19(15-8-12(22)4-7-17(15)23)29(26)13-5-2-11(20)3-6-13/h2-10,19H,1H3,(H,24,25). The number of pyridine rings is 1. The van der Waals surface area contributed by atoms with E-state index in [2.05, 4.69) is 9.71 Å². The van der Waals surface area contributed by atoms with E-state index in [1.807, 2.05) is 0 Å². The molecule has 2 atom stereocenters. The first-order chi connectivity index (χ1) is 14.0. The molecule has 1 aromatic heterocycles. The molecule has 1 N–H and O–H groups in total. The summed E-state index contributed by atoms with van der Waals surface area (Å²) in [6, 6.07) is 10.0. The van der Waals surface area contributed by atoms with Gasteiger partial charge >= 0.3 is 0 Å². The number of benzene rings is 2. The van der Waals surface area contributed by atoms with Crippen LogP contribution in [0.5, 0.6) is 0 Å². The van der Waals surface area contributed by atoms with Crippen LogP contribution in [0.1, 0.15) is 16.4 Å². The van der Waals surface area contributed by atoms with Crippen molar-refractivity contribution in [1.82, 2.24) is 4.98 Å². The van der Waals surface area contributed by atoms with Gasteiger partial charge in [0.2, 0.25) is 10.0 Å². The maximum atomic E-state index is 14.7. The summed E-state index contributed by atoms with van der Waals surface area (Å²) >= 11 is 12.1. The predicted octanol–water partition coefficient (Wildman–Crippen LogP) is 4.94. The highest BCUT2D eigenvalue weighted by Gasteiger charge is 2.29. The van der Waals surface area contributed by atoms with Crippen LogP contribution < -0.4 is 4.72 Å².